The normalized spacial score (nSPS) is 12.8. The van der Waals surface area contributed by atoms with E-state index in [9.17, 15) is 18.0 Å². The molecule has 2 rings (SSSR count). The van der Waals surface area contributed by atoms with E-state index in [0.29, 0.717) is 27.7 Å². The third-order valence-corrected chi connectivity index (χ3v) is 6.73. The van der Waals surface area contributed by atoms with Crippen LogP contribution in [0.25, 0.3) is 0 Å². The summed E-state index contributed by atoms with van der Waals surface area (Å²) in [6.45, 7) is 3.67. The molecule has 0 aliphatic carbocycles. The summed E-state index contributed by atoms with van der Waals surface area (Å²) >= 11 is 0. The molecule has 0 aliphatic rings. The van der Waals surface area contributed by atoms with Crippen LogP contribution in [-0.2, 0) is 31.1 Å². The van der Waals surface area contributed by atoms with Crippen LogP contribution in [-0.4, -0.2) is 45.1 Å². The van der Waals surface area contributed by atoms with Crippen molar-refractivity contribution in [2.75, 3.05) is 24.7 Å². The molecule has 0 N–H and O–H groups in total. The molecule has 0 saturated heterocycles. The molecule has 0 heterocycles. The number of benzene rings is 2. The maximum absolute atomic E-state index is 12.3. The highest BCUT2D eigenvalue weighted by atomic mass is 32.2. The Bertz CT molecular complexity index is 836. The zero-order valence-corrected chi connectivity index (χ0v) is 18.1. The summed E-state index contributed by atoms with van der Waals surface area (Å²) in [4.78, 5) is 25.4. The van der Waals surface area contributed by atoms with Gasteiger partial charge in [0.2, 0.25) is 0 Å². The maximum Gasteiger partial charge on any atom is 0.339 e. The zero-order chi connectivity index (χ0) is 21.2. The van der Waals surface area contributed by atoms with Gasteiger partial charge in [0.15, 0.2) is 0 Å². The molecule has 0 bridgehead atoms. The molecule has 29 heavy (non-hydrogen) atoms. The van der Waals surface area contributed by atoms with Gasteiger partial charge in [-0.25, -0.2) is 9.59 Å². The van der Waals surface area contributed by atoms with E-state index in [1.165, 1.54) is 0 Å². The standard InChI is InChI=1S/C21H24O6S2/c1-3-28(24)18-12-7-5-10-16(18)20(22)26-14-9-15-27-21(23)17-11-6-8-13-19(17)29(25)4-2/h5-8,10-13H,3-4,9,14-15H2,1-2H3. The summed E-state index contributed by atoms with van der Waals surface area (Å²) in [5, 5.41) is 0. The van der Waals surface area contributed by atoms with E-state index in [0.717, 1.165) is 0 Å². The highest BCUT2D eigenvalue weighted by molar-refractivity contribution is 7.85. The average molecular weight is 437 g/mol. The first-order valence-corrected chi connectivity index (χ1v) is 11.9. The molecule has 0 aliphatic heterocycles. The Morgan fingerprint density at radius 2 is 1.10 bits per heavy atom. The quantitative estimate of drug-likeness (QED) is 0.419. The molecule has 6 nitrogen and oxygen atoms in total. The monoisotopic (exact) mass is 436 g/mol. The van der Waals surface area contributed by atoms with Gasteiger partial charge in [0, 0.05) is 17.9 Å². The van der Waals surface area contributed by atoms with E-state index < -0.39 is 33.5 Å². The van der Waals surface area contributed by atoms with Gasteiger partial charge in [-0.3, -0.25) is 8.42 Å². The van der Waals surface area contributed by atoms with Crippen molar-refractivity contribution in [1.82, 2.24) is 0 Å². The Morgan fingerprint density at radius 3 is 1.48 bits per heavy atom. The van der Waals surface area contributed by atoms with Gasteiger partial charge < -0.3 is 9.47 Å². The Labute approximate surface area is 175 Å². The molecule has 156 valence electrons. The van der Waals surface area contributed by atoms with Crippen LogP contribution >= 0.6 is 0 Å². The predicted molar refractivity (Wildman–Crippen MR) is 112 cm³/mol. The van der Waals surface area contributed by atoms with E-state index in [1.807, 2.05) is 0 Å². The van der Waals surface area contributed by atoms with Crippen LogP contribution in [0.1, 0.15) is 41.0 Å². The van der Waals surface area contributed by atoms with Crippen LogP contribution in [0.15, 0.2) is 58.3 Å². The summed E-state index contributed by atoms with van der Waals surface area (Å²) in [5.41, 5.74) is 0.557. The van der Waals surface area contributed by atoms with Crippen LogP contribution in [0.3, 0.4) is 0 Å². The maximum atomic E-state index is 12.3. The molecule has 0 saturated carbocycles. The number of hydrogen-bond acceptors (Lipinski definition) is 6. The van der Waals surface area contributed by atoms with E-state index in [-0.39, 0.29) is 24.3 Å². The second kappa shape index (κ2) is 11.6. The third kappa shape index (κ3) is 6.33. The van der Waals surface area contributed by atoms with Crippen molar-refractivity contribution in [2.45, 2.75) is 30.1 Å². The van der Waals surface area contributed by atoms with Crippen LogP contribution in [0.4, 0.5) is 0 Å². The predicted octanol–water partition coefficient (Wildman–Crippen LogP) is 3.35. The Balaban J connectivity index is 1.85. The Kier molecular flexibility index (Phi) is 9.21. The molecule has 2 unspecified atom stereocenters. The van der Waals surface area contributed by atoms with Gasteiger partial charge in [-0.05, 0) is 24.3 Å². The lowest BCUT2D eigenvalue weighted by Crippen LogP contribution is -2.14. The van der Waals surface area contributed by atoms with Gasteiger partial charge in [0.1, 0.15) is 0 Å². The molecule has 2 aromatic rings. The van der Waals surface area contributed by atoms with Crippen LogP contribution in [0.2, 0.25) is 0 Å². The number of esters is 2. The minimum Gasteiger partial charge on any atom is -0.462 e. The molecule has 2 aromatic carbocycles. The molecule has 2 atom stereocenters. The van der Waals surface area contributed by atoms with Gasteiger partial charge in [-0.15, -0.1) is 0 Å². The number of carbonyl (C=O) groups excluding carboxylic acids is 2. The zero-order valence-electron chi connectivity index (χ0n) is 16.4. The minimum atomic E-state index is -1.26. The lowest BCUT2D eigenvalue weighted by molar-refractivity contribution is 0.0391. The molecule has 8 heteroatoms. The average Bonchev–Trinajstić information content (AvgIpc) is 2.77. The fourth-order valence-corrected chi connectivity index (χ4v) is 4.40. The van der Waals surface area contributed by atoms with Gasteiger partial charge in [-0.2, -0.15) is 0 Å². The van der Waals surface area contributed by atoms with E-state index >= 15 is 0 Å². The first kappa shape index (κ1) is 23.0. The molecule has 0 aromatic heterocycles. The Hall–Kier alpha value is -2.32. The molecular formula is C21H24O6S2. The van der Waals surface area contributed by atoms with Crippen LogP contribution in [0, 0.1) is 0 Å². The van der Waals surface area contributed by atoms with Crippen molar-refractivity contribution in [3.63, 3.8) is 0 Å². The highest BCUT2D eigenvalue weighted by Gasteiger charge is 2.17. The summed E-state index contributed by atoms with van der Waals surface area (Å²) in [6, 6.07) is 13.3. The van der Waals surface area contributed by atoms with Crippen LogP contribution in [0.5, 0.6) is 0 Å². The first-order chi connectivity index (χ1) is 14.0. The van der Waals surface area contributed by atoms with Crippen molar-refractivity contribution in [3.05, 3.63) is 59.7 Å². The molecule has 0 spiro atoms. The number of hydrogen-bond donors (Lipinski definition) is 0. The topological polar surface area (TPSA) is 86.7 Å². The lowest BCUT2D eigenvalue weighted by atomic mass is 10.2. The third-order valence-electron chi connectivity index (χ3n) is 3.98. The summed E-state index contributed by atoms with van der Waals surface area (Å²) < 4.78 is 34.5. The lowest BCUT2D eigenvalue weighted by Gasteiger charge is -2.10. The Morgan fingerprint density at radius 1 is 0.724 bits per heavy atom. The molecular weight excluding hydrogens is 412 g/mol. The van der Waals surface area contributed by atoms with Gasteiger partial charge in [0.05, 0.1) is 55.7 Å². The van der Waals surface area contributed by atoms with Gasteiger partial charge in [0.25, 0.3) is 0 Å². The van der Waals surface area contributed by atoms with Gasteiger partial charge in [-0.1, -0.05) is 38.1 Å². The number of carbonyl (C=O) groups is 2. The largest absolute Gasteiger partial charge is 0.462 e. The SMILES string of the molecule is CCS(=O)c1ccccc1C(=O)OCCCOC(=O)c1ccccc1S(=O)CC. The highest BCUT2D eigenvalue weighted by Crippen LogP contribution is 2.16. The van der Waals surface area contributed by atoms with Crippen molar-refractivity contribution in [2.24, 2.45) is 0 Å². The van der Waals surface area contributed by atoms with E-state index in [2.05, 4.69) is 0 Å². The van der Waals surface area contributed by atoms with E-state index in [1.54, 1.807) is 62.4 Å². The number of rotatable bonds is 10. The van der Waals surface area contributed by atoms with Crippen molar-refractivity contribution in [3.8, 4) is 0 Å². The van der Waals surface area contributed by atoms with Crippen LogP contribution < -0.4 is 0 Å². The summed E-state index contributed by atoms with van der Waals surface area (Å²) in [6.07, 6.45) is 0.315. The fraction of sp³-hybridized carbons (Fsp3) is 0.333. The van der Waals surface area contributed by atoms with E-state index in [4.69, 9.17) is 9.47 Å². The van der Waals surface area contributed by atoms with Crippen molar-refractivity contribution >= 4 is 33.5 Å². The first-order valence-electron chi connectivity index (χ1n) is 9.28. The van der Waals surface area contributed by atoms with Crippen molar-refractivity contribution < 1.29 is 27.5 Å². The smallest absolute Gasteiger partial charge is 0.339 e. The second-order valence-corrected chi connectivity index (χ2v) is 9.30. The molecule has 0 amide bonds. The van der Waals surface area contributed by atoms with Gasteiger partial charge >= 0.3 is 11.9 Å². The summed E-state index contributed by atoms with van der Waals surface area (Å²) in [5.74, 6) is -0.301. The molecule has 0 fully saturated rings. The minimum absolute atomic E-state index is 0.0573. The second-order valence-electron chi connectivity index (χ2n) is 5.89. The molecule has 0 radical (unpaired) electrons. The fourth-order valence-electron chi connectivity index (χ4n) is 2.52. The number of ether oxygens (including phenoxy) is 2. The van der Waals surface area contributed by atoms with Crippen molar-refractivity contribution in [1.29, 1.82) is 0 Å². The summed E-state index contributed by atoms with van der Waals surface area (Å²) in [7, 11) is -2.52.